The number of nitrogens with zero attached hydrogens (tertiary/aromatic N) is 1. The first-order valence-corrected chi connectivity index (χ1v) is 7.27. The minimum Gasteiger partial charge on any atom is -0.366 e. The highest BCUT2D eigenvalue weighted by Gasteiger charge is 2.20. The minimum atomic E-state index is -3.82. The zero-order chi connectivity index (χ0) is 14.6. The maximum absolute atomic E-state index is 12.2. The zero-order valence-corrected chi connectivity index (χ0v) is 11.3. The number of aromatic nitrogens is 1. The first-order valence-electron chi connectivity index (χ1n) is 5.79. The van der Waals surface area contributed by atoms with Crippen molar-refractivity contribution in [3.05, 3.63) is 59.9 Å². The number of primary amides is 1. The van der Waals surface area contributed by atoms with Crippen molar-refractivity contribution in [1.82, 2.24) is 9.71 Å². The van der Waals surface area contributed by atoms with Crippen molar-refractivity contribution >= 4 is 15.9 Å². The predicted octanol–water partition coefficient (Wildman–Crippen LogP) is 0.659. The number of benzene rings is 1. The smallest absolute Gasteiger partial charge is 0.250 e. The molecule has 0 aliphatic heterocycles. The van der Waals surface area contributed by atoms with Gasteiger partial charge in [0.25, 0.3) is 0 Å². The summed E-state index contributed by atoms with van der Waals surface area (Å²) in [6.45, 7) is 0.0380. The van der Waals surface area contributed by atoms with E-state index in [1.54, 1.807) is 30.5 Å². The van der Waals surface area contributed by atoms with Gasteiger partial charge in [0, 0.05) is 6.20 Å². The van der Waals surface area contributed by atoms with Gasteiger partial charge in [-0.1, -0.05) is 18.2 Å². The fraction of sp³-hybridized carbons (Fsp3) is 0.0769. The van der Waals surface area contributed by atoms with Crippen LogP contribution in [0.2, 0.25) is 0 Å². The van der Waals surface area contributed by atoms with Crippen molar-refractivity contribution in [2.45, 2.75) is 11.4 Å². The summed E-state index contributed by atoms with van der Waals surface area (Å²) in [5.41, 5.74) is 5.71. The molecule has 6 nitrogen and oxygen atoms in total. The Morgan fingerprint density at radius 2 is 1.85 bits per heavy atom. The average molecular weight is 291 g/mol. The highest BCUT2D eigenvalue weighted by atomic mass is 32.2. The lowest BCUT2D eigenvalue weighted by Crippen LogP contribution is -2.26. The van der Waals surface area contributed by atoms with Crippen molar-refractivity contribution in [2.75, 3.05) is 0 Å². The van der Waals surface area contributed by atoms with E-state index in [0.29, 0.717) is 5.69 Å². The topological polar surface area (TPSA) is 102 Å². The second-order valence-electron chi connectivity index (χ2n) is 4.01. The Bertz CT molecular complexity index is 715. The first-order chi connectivity index (χ1) is 9.50. The van der Waals surface area contributed by atoms with Gasteiger partial charge in [0.1, 0.15) is 0 Å². The van der Waals surface area contributed by atoms with Gasteiger partial charge >= 0.3 is 0 Å². The molecule has 0 atom stereocenters. The molecule has 0 saturated heterocycles. The lowest BCUT2D eigenvalue weighted by atomic mass is 10.2. The van der Waals surface area contributed by atoms with Gasteiger partial charge in [-0.2, -0.15) is 0 Å². The van der Waals surface area contributed by atoms with E-state index in [9.17, 15) is 13.2 Å². The molecule has 2 rings (SSSR count). The molecule has 20 heavy (non-hydrogen) atoms. The maximum Gasteiger partial charge on any atom is 0.250 e. The van der Waals surface area contributed by atoms with Crippen molar-refractivity contribution in [3.63, 3.8) is 0 Å². The van der Waals surface area contributed by atoms with Crippen LogP contribution in [-0.2, 0) is 16.6 Å². The summed E-state index contributed by atoms with van der Waals surface area (Å²) in [6, 6.07) is 11.0. The molecule has 104 valence electrons. The zero-order valence-electron chi connectivity index (χ0n) is 10.5. The molecule has 0 aliphatic rings. The van der Waals surface area contributed by atoms with Crippen LogP contribution >= 0.6 is 0 Å². The van der Waals surface area contributed by atoms with Gasteiger partial charge < -0.3 is 5.73 Å². The molecule has 0 bridgehead atoms. The Labute approximate surface area is 116 Å². The number of rotatable bonds is 5. The molecule has 1 heterocycles. The molecular weight excluding hydrogens is 278 g/mol. The fourth-order valence-electron chi connectivity index (χ4n) is 1.65. The first kappa shape index (κ1) is 14.2. The second-order valence-corrected chi connectivity index (χ2v) is 5.74. The van der Waals surface area contributed by atoms with Gasteiger partial charge in [-0.05, 0) is 24.3 Å². The van der Waals surface area contributed by atoms with Gasteiger partial charge in [0.2, 0.25) is 15.9 Å². The number of pyridine rings is 1. The molecule has 1 aromatic carbocycles. The van der Waals surface area contributed by atoms with Crippen LogP contribution in [0.25, 0.3) is 0 Å². The second kappa shape index (κ2) is 5.81. The lowest BCUT2D eigenvalue weighted by molar-refractivity contribution is 0.0997. The molecule has 0 radical (unpaired) electrons. The molecular formula is C13H13N3O3S. The number of nitrogens with two attached hydrogens (primary N) is 1. The van der Waals surface area contributed by atoms with Gasteiger partial charge in [0.15, 0.2) is 0 Å². The van der Waals surface area contributed by atoms with Crippen LogP contribution < -0.4 is 10.5 Å². The van der Waals surface area contributed by atoms with E-state index in [2.05, 4.69) is 9.71 Å². The van der Waals surface area contributed by atoms with Crippen LogP contribution in [0.4, 0.5) is 0 Å². The SMILES string of the molecule is NC(=O)c1ccccc1S(=O)(=O)NCc1ccccn1. The summed E-state index contributed by atoms with van der Waals surface area (Å²) in [4.78, 5) is 15.1. The summed E-state index contributed by atoms with van der Waals surface area (Å²) in [7, 11) is -3.82. The molecule has 0 saturated carbocycles. The van der Waals surface area contributed by atoms with Crippen molar-refractivity contribution in [1.29, 1.82) is 0 Å². The van der Waals surface area contributed by atoms with Crippen LogP contribution in [0.3, 0.4) is 0 Å². The van der Waals surface area contributed by atoms with Crippen molar-refractivity contribution < 1.29 is 13.2 Å². The summed E-state index contributed by atoms with van der Waals surface area (Å²) >= 11 is 0. The number of carbonyl (C=O) groups excluding carboxylic acids is 1. The third-order valence-electron chi connectivity index (χ3n) is 2.61. The van der Waals surface area contributed by atoms with Crippen LogP contribution in [0.15, 0.2) is 53.6 Å². The Kier molecular flexibility index (Phi) is 4.11. The maximum atomic E-state index is 12.2. The van der Waals surface area contributed by atoms with Gasteiger partial charge in [-0.25, -0.2) is 13.1 Å². The Balaban J connectivity index is 2.25. The van der Waals surface area contributed by atoms with Crippen LogP contribution in [0.5, 0.6) is 0 Å². The molecule has 2 aromatic rings. The number of hydrogen-bond donors (Lipinski definition) is 2. The molecule has 7 heteroatoms. The summed E-state index contributed by atoms with van der Waals surface area (Å²) in [5.74, 6) is -0.788. The number of hydrogen-bond acceptors (Lipinski definition) is 4. The highest BCUT2D eigenvalue weighted by molar-refractivity contribution is 7.89. The largest absolute Gasteiger partial charge is 0.366 e. The molecule has 0 unspecified atom stereocenters. The van der Waals surface area contributed by atoms with Crippen LogP contribution in [-0.4, -0.2) is 19.3 Å². The molecule has 1 aromatic heterocycles. The highest BCUT2D eigenvalue weighted by Crippen LogP contribution is 2.14. The van der Waals surface area contributed by atoms with E-state index in [4.69, 9.17) is 5.73 Å². The van der Waals surface area contributed by atoms with E-state index in [1.165, 1.54) is 18.2 Å². The van der Waals surface area contributed by atoms with E-state index in [0.717, 1.165) is 0 Å². The molecule has 0 spiro atoms. The summed E-state index contributed by atoms with van der Waals surface area (Å²) in [5, 5.41) is 0. The quantitative estimate of drug-likeness (QED) is 0.844. The van der Waals surface area contributed by atoms with Crippen LogP contribution in [0, 0.1) is 0 Å². The fourth-order valence-corrected chi connectivity index (χ4v) is 2.86. The molecule has 1 amide bonds. The number of amides is 1. The molecule has 3 N–H and O–H groups in total. The van der Waals surface area contributed by atoms with E-state index in [-0.39, 0.29) is 17.0 Å². The lowest BCUT2D eigenvalue weighted by Gasteiger charge is -2.09. The minimum absolute atomic E-state index is 0.0380. The third-order valence-corrected chi connectivity index (χ3v) is 4.07. The predicted molar refractivity (Wildman–Crippen MR) is 73.2 cm³/mol. The number of carbonyl (C=O) groups is 1. The standard InChI is InChI=1S/C13H13N3O3S/c14-13(17)11-6-1-2-7-12(11)20(18,19)16-9-10-5-3-4-8-15-10/h1-8,16H,9H2,(H2,14,17). The third kappa shape index (κ3) is 3.19. The average Bonchev–Trinajstić information content (AvgIpc) is 2.46. The van der Waals surface area contributed by atoms with Gasteiger partial charge in [0.05, 0.1) is 22.7 Å². The Hall–Kier alpha value is -2.25. The van der Waals surface area contributed by atoms with Gasteiger partial charge in [-0.15, -0.1) is 0 Å². The number of nitrogens with one attached hydrogen (secondary N) is 1. The van der Waals surface area contributed by atoms with Gasteiger partial charge in [-0.3, -0.25) is 9.78 Å². The van der Waals surface area contributed by atoms with Crippen molar-refractivity contribution in [2.24, 2.45) is 5.73 Å². The Morgan fingerprint density at radius 3 is 2.50 bits per heavy atom. The van der Waals surface area contributed by atoms with Crippen molar-refractivity contribution in [3.8, 4) is 0 Å². The van der Waals surface area contributed by atoms with Crippen LogP contribution in [0.1, 0.15) is 16.1 Å². The normalized spacial score (nSPS) is 11.2. The number of sulfonamides is 1. The van der Waals surface area contributed by atoms with E-state index in [1.807, 2.05) is 0 Å². The molecule has 0 aliphatic carbocycles. The summed E-state index contributed by atoms with van der Waals surface area (Å²) in [6.07, 6.45) is 1.57. The summed E-state index contributed by atoms with van der Waals surface area (Å²) < 4.78 is 26.8. The van der Waals surface area contributed by atoms with E-state index >= 15 is 0 Å². The van der Waals surface area contributed by atoms with E-state index < -0.39 is 15.9 Å². The Morgan fingerprint density at radius 1 is 1.15 bits per heavy atom. The molecule has 0 fully saturated rings. The monoisotopic (exact) mass is 291 g/mol.